The summed E-state index contributed by atoms with van der Waals surface area (Å²) in [6.07, 6.45) is 7.92. The van der Waals surface area contributed by atoms with E-state index in [0.29, 0.717) is 11.8 Å². The van der Waals surface area contributed by atoms with Crippen LogP contribution in [0.15, 0.2) is 35.4 Å². The van der Waals surface area contributed by atoms with E-state index in [0.717, 1.165) is 36.0 Å². The number of carboxylic acids is 1. The van der Waals surface area contributed by atoms with Gasteiger partial charge in [0.05, 0.1) is 5.52 Å². The maximum Gasteiger partial charge on any atom is 0.341 e. The first-order chi connectivity index (χ1) is 11.1. The minimum absolute atomic E-state index is 0.140. The molecule has 1 atom stereocenters. The number of hydrogen-bond donors (Lipinski definition) is 2. The Labute approximate surface area is 133 Å². The molecule has 1 saturated carbocycles. The minimum atomic E-state index is -1.16. The molecule has 2 N–H and O–H groups in total. The Morgan fingerprint density at radius 1 is 1.35 bits per heavy atom. The zero-order valence-electron chi connectivity index (χ0n) is 12.9. The molecule has 0 amide bonds. The second kappa shape index (κ2) is 4.98. The van der Waals surface area contributed by atoms with Gasteiger partial charge in [0, 0.05) is 18.7 Å². The number of aromatic carboxylic acids is 1. The predicted octanol–water partition coefficient (Wildman–Crippen LogP) is 2.38. The topological polar surface area (TPSA) is 70.8 Å². The van der Waals surface area contributed by atoms with Crippen LogP contribution in [0.4, 0.5) is 0 Å². The summed E-state index contributed by atoms with van der Waals surface area (Å²) in [6.45, 7) is 2.88. The summed E-state index contributed by atoms with van der Waals surface area (Å²) in [7, 11) is 0. The second-order valence-corrected chi connectivity index (χ2v) is 6.39. The van der Waals surface area contributed by atoms with Gasteiger partial charge in [-0.1, -0.05) is 6.08 Å². The largest absolute Gasteiger partial charge is 0.477 e. The molecule has 2 aromatic rings. The molecular weight excluding hydrogens is 292 g/mol. The first-order valence-electron chi connectivity index (χ1n) is 7.90. The SMILES string of the molecule is Cc1c(C2C=CNC2)ccn2c(=O)c(C(=O)O)cc(C3CC3)c12. The van der Waals surface area contributed by atoms with Crippen LogP contribution in [-0.2, 0) is 0 Å². The lowest BCUT2D eigenvalue weighted by atomic mass is 9.93. The third kappa shape index (κ3) is 2.15. The number of pyridine rings is 2. The summed E-state index contributed by atoms with van der Waals surface area (Å²) < 4.78 is 1.52. The van der Waals surface area contributed by atoms with Crippen LogP contribution in [0, 0.1) is 6.92 Å². The minimum Gasteiger partial charge on any atom is -0.477 e. The van der Waals surface area contributed by atoms with Crippen molar-refractivity contribution in [2.24, 2.45) is 0 Å². The number of rotatable bonds is 3. The Bertz CT molecular complexity index is 907. The summed E-state index contributed by atoms with van der Waals surface area (Å²) in [4.78, 5) is 23.9. The van der Waals surface area contributed by atoms with E-state index in [1.54, 1.807) is 12.3 Å². The van der Waals surface area contributed by atoms with Crippen LogP contribution >= 0.6 is 0 Å². The number of hydrogen-bond acceptors (Lipinski definition) is 3. The van der Waals surface area contributed by atoms with Gasteiger partial charge in [0.25, 0.3) is 5.56 Å². The van der Waals surface area contributed by atoms with Crippen molar-refractivity contribution in [3.8, 4) is 0 Å². The molecular formula is C18H18N2O3. The van der Waals surface area contributed by atoms with Gasteiger partial charge in [-0.2, -0.15) is 0 Å². The van der Waals surface area contributed by atoms with Crippen LogP contribution in [0.25, 0.3) is 5.52 Å². The molecule has 0 aromatic carbocycles. The molecule has 0 radical (unpaired) electrons. The molecule has 118 valence electrons. The fourth-order valence-corrected chi connectivity index (χ4v) is 3.53. The zero-order valence-corrected chi connectivity index (χ0v) is 12.9. The van der Waals surface area contributed by atoms with Crippen molar-refractivity contribution in [2.75, 3.05) is 6.54 Å². The second-order valence-electron chi connectivity index (χ2n) is 6.39. The van der Waals surface area contributed by atoms with Crippen LogP contribution in [0.2, 0.25) is 0 Å². The van der Waals surface area contributed by atoms with Gasteiger partial charge in [0.2, 0.25) is 0 Å². The van der Waals surface area contributed by atoms with Crippen molar-refractivity contribution in [1.29, 1.82) is 0 Å². The standard InChI is InChI=1S/C18H18N2O3/c1-10-13(12-4-6-19-9-12)5-7-20-16(10)14(11-2-3-11)8-15(17(20)21)18(22)23/h4-8,11-12,19H,2-3,9H2,1H3,(H,22,23). The summed E-state index contributed by atoms with van der Waals surface area (Å²) in [5.74, 6) is -0.493. The summed E-state index contributed by atoms with van der Waals surface area (Å²) >= 11 is 0. The van der Waals surface area contributed by atoms with E-state index in [2.05, 4.69) is 11.4 Å². The van der Waals surface area contributed by atoms with Crippen LogP contribution in [-0.4, -0.2) is 22.0 Å². The molecule has 0 saturated heterocycles. The Morgan fingerprint density at radius 3 is 2.74 bits per heavy atom. The van der Waals surface area contributed by atoms with Gasteiger partial charge in [0.1, 0.15) is 5.56 Å². The molecule has 1 fully saturated rings. The Balaban J connectivity index is 2.04. The van der Waals surface area contributed by atoms with Crippen molar-refractivity contribution in [2.45, 2.75) is 31.6 Å². The van der Waals surface area contributed by atoms with Crippen LogP contribution in [0.1, 0.15) is 51.7 Å². The van der Waals surface area contributed by atoms with E-state index in [4.69, 9.17) is 0 Å². The highest BCUT2D eigenvalue weighted by Crippen LogP contribution is 2.43. The first-order valence-corrected chi connectivity index (χ1v) is 7.90. The van der Waals surface area contributed by atoms with E-state index in [1.165, 1.54) is 9.96 Å². The van der Waals surface area contributed by atoms with Gasteiger partial charge in [-0.3, -0.25) is 9.20 Å². The molecule has 1 unspecified atom stereocenters. The van der Waals surface area contributed by atoms with E-state index >= 15 is 0 Å². The Kier molecular flexibility index (Phi) is 3.04. The molecule has 0 bridgehead atoms. The van der Waals surface area contributed by atoms with Crippen molar-refractivity contribution < 1.29 is 9.90 Å². The smallest absolute Gasteiger partial charge is 0.341 e. The quantitative estimate of drug-likeness (QED) is 0.913. The molecule has 4 rings (SSSR count). The molecule has 2 aliphatic rings. The highest BCUT2D eigenvalue weighted by Gasteiger charge is 2.29. The number of nitrogens with zero attached hydrogens (tertiary/aromatic N) is 1. The summed E-state index contributed by atoms with van der Waals surface area (Å²) in [5.41, 5.74) is 3.56. The first kappa shape index (κ1) is 14.1. The van der Waals surface area contributed by atoms with Gasteiger partial charge in [-0.25, -0.2) is 4.79 Å². The maximum absolute atomic E-state index is 12.5. The average molecular weight is 310 g/mol. The highest BCUT2D eigenvalue weighted by atomic mass is 16.4. The predicted molar refractivity (Wildman–Crippen MR) is 87.2 cm³/mol. The van der Waals surface area contributed by atoms with Gasteiger partial charge in [-0.15, -0.1) is 0 Å². The zero-order chi connectivity index (χ0) is 16.1. The summed E-state index contributed by atoms with van der Waals surface area (Å²) in [5, 5.41) is 12.5. The number of carbonyl (C=O) groups is 1. The maximum atomic E-state index is 12.5. The normalized spacial score (nSPS) is 20.0. The molecule has 5 nitrogen and oxygen atoms in total. The fourth-order valence-electron chi connectivity index (χ4n) is 3.53. The monoisotopic (exact) mass is 310 g/mol. The lowest BCUT2D eigenvalue weighted by molar-refractivity contribution is 0.0694. The number of fused-ring (bicyclic) bond motifs is 1. The third-order valence-electron chi connectivity index (χ3n) is 4.89. The van der Waals surface area contributed by atoms with Crippen LogP contribution < -0.4 is 10.9 Å². The lowest BCUT2D eigenvalue weighted by Crippen LogP contribution is -2.24. The number of aryl methyl sites for hydroxylation is 1. The molecule has 5 heteroatoms. The van der Waals surface area contributed by atoms with Gasteiger partial charge < -0.3 is 10.4 Å². The molecule has 23 heavy (non-hydrogen) atoms. The lowest BCUT2D eigenvalue weighted by Gasteiger charge is -2.17. The Morgan fingerprint density at radius 2 is 2.13 bits per heavy atom. The number of carboxylic acid groups (broad SMARTS) is 1. The molecule has 2 aromatic heterocycles. The number of nitrogens with one attached hydrogen (secondary N) is 1. The molecule has 1 aliphatic carbocycles. The van der Waals surface area contributed by atoms with Gasteiger partial charge in [-0.05, 0) is 60.7 Å². The van der Waals surface area contributed by atoms with Crippen molar-refractivity contribution in [3.05, 3.63) is 63.2 Å². The average Bonchev–Trinajstić information content (AvgIpc) is 3.22. The van der Waals surface area contributed by atoms with Crippen molar-refractivity contribution >= 4 is 11.5 Å². The van der Waals surface area contributed by atoms with E-state index in [1.807, 2.05) is 19.2 Å². The van der Waals surface area contributed by atoms with Crippen molar-refractivity contribution in [3.63, 3.8) is 0 Å². The third-order valence-corrected chi connectivity index (χ3v) is 4.89. The fraction of sp³-hybridized carbons (Fsp3) is 0.333. The van der Waals surface area contributed by atoms with Crippen molar-refractivity contribution in [1.82, 2.24) is 9.72 Å². The molecule has 1 aliphatic heterocycles. The van der Waals surface area contributed by atoms with Gasteiger partial charge >= 0.3 is 5.97 Å². The Hall–Kier alpha value is -2.56. The van der Waals surface area contributed by atoms with Crippen LogP contribution in [0.3, 0.4) is 0 Å². The van der Waals surface area contributed by atoms with E-state index in [-0.39, 0.29) is 5.56 Å². The summed E-state index contributed by atoms with van der Waals surface area (Å²) in [6, 6.07) is 3.53. The van der Waals surface area contributed by atoms with E-state index in [9.17, 15) is 14.7 Å². The van der Waals surface area contributed by atoms with Crippen LogP contribution in [0.5, 0.6) is 0 Å². The van der Waals surface area contributed by atoms with Gasteiger partial charge in [0.15, 0.2) is 0 Å². The van der Waals surface area contributed by atoms with E-state index < -0.39 is 11.5 Å². The molecule has 0 spiro atoms. The number of aromatic nitrogens is 1. The molecule has 3 heterocycles. The highest BCUT2D eigenvalue weighted by molar-refractivity contribution is 5.88.